The second kappa shape index (κ2) is 11.4. The Kier molecular flexibility index (Phi) is 10.9. The van der Waals surface area contributed by atoms with Gasteiger partial charge < -0.3 is 5.11 Å². The lowest BCUT2D eigenvalue weighted by Crippen LogP contribution is -1.78. The summed E-state index contributed by atoms with van der Waals surface area (Å²) in [7, 11) is 0. The Labute approximate surface area is 82.2 Å². The van der Waals surface area contributed by atoms with Gasteiger partial charge in [-0.25, -0.2) is 0 Å². The molecule has 0 aromatic rings. The van der Waals surface area contributed by atoms with E-state index in [4.69, 9.17) is 5.11 Å². The van der Waals surface area contributed by atoms with Gasteiger partial charge in [-0.15, -0.1) is 0 Å². The standard InChI is InChI=1S/C12H22O/c1-2-3-4-5-6-7-8-9-10-11-12-13/h4-5,8-9,13H,2-3,6-7,10-12H2,1H3. The number of allylic oxidation sites excluding steroid dienone is 4. The summed E-state index contributed by atoms with van der Waals surface area (Å²) in [6.07, 6.45) is 15.5. The van der Waals surface area contributed by atoms with Gasteiger partial charge >= 0.3 is 0 Å². The molecule has 1 N–H and O–H groups in total. The zero-order valence-corrected chi connectivity index (χ0v) is 8.71. The van der Waals surface area contributed by atoms with E-state index in [-0.39, 0.29) is 0 Å². The second-order valence-corrected chi connectivity index (χ2v) is 3.17. The highest BCUT2D eigenvalue weighted by Crippen LogP contribution is 1.98. The lowest BCUT2D eigenvalue weighted by Gasteiger charge is -1.89. The summed E-state index contributed by atoms with van der Waals surface area (Å²) in [4.78, 5) is 0. The number of hydrogen-bond acceptors (Lipinski definition) is 1. The van der Waals surface area contributed by atoms with E-state index in [9.17, 15) is 0 Å². The Morgan fingerprint density at radius 2 is 1.38 bits per heavy atom. The van der Waals surface area contributed by atoms with Crippen LogP contribution in [-0.4, -0.2) is 11.7 Å². The number of rotatable bonds is 8. The van der Waals surface area contributed by atoms with E-state index in [0.29, 0.717) is 6.61 Å². The van der Waals surface area contributed by atoms with Gasteiger partial charge in [0.05, 0.1) is 0 Å². The molecule has 0 saturated heterocycles. The van der Waals surface area contributed by atoms with Gasteiger partial charge in [-0.3, -0.25) is 0 Å². The minimum absolute atomic E-state index is 0.306. The zero-order chi connectivity index (χ0) is 9.78. The van der Waals surface area contributed by atoms with Gasteiger partial charge in [-0.1, -0.05) is 37.6 Å². The predicted molar refractivity (Wildman–Crippen MR) is 58.7 cm³/mol. The topological polar surface area (TPSA) is 20.2 Å². The van der Waals surface area contributed by atoms with E-state index < -0.39 is 0 Å². The van der Waals surface area contributed by atoms with E-state index in [2.05, 4.69) is 31.2 Å². The van der Waals surface area contributed by atoms with Crippen molar-refractivity contribution in [2.75, 3.05) is 6.61 Å². The molecular formula is C12H22O. The molecular weight excluding hydrogens is 160 g/mol. The molecule has 0 aromatic heterocycles. The van der Waals surface area contributed by atoms with Crippen LogP contribution in [0.25, 0.3) is 0 Å². The molecule has 1 heteroatoms. The number of aliphatic hydroxyl groups is 1. The monoisotopic (exact) mass is 182 g/mol. The van der Waals surface area contributed by atoms with Gasteiger partial charge in [-0.05, 0) is 32.1 Å². The molecule has 0 aromatic carbocycles. The molecule has 0 aliphatic heterocycles. The highest BCUT2D eigenvalue weighted by Gasteiger charge is 1.79. The summed E-state index contributed by atoms with van der Waals surface area (Å²) in [6, 6.07) is 0. The van der Waals surface area contributed by atoms with Crippen LogP contribution in [0.1, 0.15) is 45.4 Å². The lowest BCUT2D eigenvalue weighted by atomic mass is 10.2. The van der Waals surface area contributed by atoms with E-state index in [1.807, 2.05) is 0 Å². The van der Waals surface area contributed by atoms with Crippen LogP contribution in [-0.2, 0) is 0 Å². The van der Waals surface area contributed by atoms with Crippen molar-refractivity contribution < 1.29 is 5.11 Å². The molecule has 0 saturated carbocycles. The first kappa shape index (κ1) is 12.4. The minimum atomic E-state index is 0.306. The Morgan fingerprint density at radius 1 is 0.846 bits per heavy atom. The van der Waals surface area contributed by atoms with E-state index in [1.54, 1.807) is 0 Å². The predicted octanol–water partition coefficient (Wildman–Crippen LogP) is 3.45. The van der Waals surface area contributed by atoms with Crippen LogP contribution in [0.5, 0.6) is 0 Å². The first-order chi connectivity index (χ1) is 6.41. The SMILES string of the molecule is CCCC=CCCC=CCCCO. The lowest BCUT2D eigenvalue weighted by molar-refractivity contribution is 0.289. The van der Waals surface area contributed by atoms with E-state index >= 15 is 0 Å². The van der Waals surface area contributed by atoms with Crippen LogP contribution in [0.4, 0.5) is 0 Å². The van der Waals surface area contributed by atoms with E-state index in [0.717, 1.165) is 25.7 Å². The third-order valence-corrected chi connectivity index (χ3v) is 1.82. The van der Waals surface area contributed by atoms with Crippen LogP contribution in [0, 0.1) is 0 Å². The highest BCUT2D eigenvalue weighted by atomic mass is 16.2. The van der Waals surface area contributed by atoms with Crippen molar-refractivity contribution >= 4 is 0 Å². The molecule has 0 fully saturated rings. The fraction of sp³-hybridized carbons (Fsp3) is 0.667. The smallest absolute Gasteiger partial charge is 0.0433 e. The Hall–Kier alpha value is -0.560. The molecule has 0 radical (unpaired) electrons. The highest BCUT2D eigenvalue weighted by molar-refractivity contribution is 4.87. The molecule has 0 unspecified atom stereocenters. The molecule has 0 aliphatic rings. The molecule has 1 nitrogen and oxygen atoms in total. The van der Waals surface area contributed by atoms with Gasteiger partial charge in [0, 0.05) is 6.61 Å². The Morgan fingerprint density at radius 3 is 1.92 bits per heavy atom. The van der Waals surface area contributed by atoms with Crippen molar-refractivity contribution in [1.82, 2.24) is 0 Å². The average Bonchev–Trinajstić information content (AvgIpc) is 2.16. The third kappa shape index (κ3) is 11.4. The van der Waals surface area contributed by atoms with Gasteiger partial charge in [0.2, 0.25) is 0 Å². The van der Waals surface area contributed by atoms with Crippen molar-refractivity contribution in [2.45, 2.75) is 45.4 Å². The molecule has 0 spiro atoms. The van der Waals surface area contributed by atoms with Gasteiger partial charge in [0.15, 0.2) is 0 Å². The summed E-state index contributed by atoms with van der Waals surface area (Å²) < 4.78 is 0. The molecule has 0 bridgehead atoms. The summed E-state index contributed by atoms with van der Waals surface area (Å²) in [5.41, 5.74) is 0. The van der Waals surface area contributed by atoms with Crippen molar-refractivity contribution in [3.63, 3.8) is 0 Å². The molecule has 0 atom stereocenters. The van der Waals surface area contributed by atoms with Crippen LogP contribution in [0.15, 0.2) is 24.3 Å². The summed E-state index contributed by atoms with van der Waals surface area (Å²) in [6.45, 7) is 2.50. The van der Waals surface area contributed by atoms with Gasteiger partial charge in [0.1, 0.15) is 0 Å². The number of hydrogen-bond donors (Lipinski definition) is 1. The van der Waals surface area contributed by atoms with Crippen LogP contribution in [0.3, 0.4) is 0 Å². The van der Waals surface area contributed by atoms with Crippen molar-refractivity contribution in [1.29, 1.82) is 0 Å². The second-order valence-electron chi connectivity index (χ2n) is 3.17. The number of unbranched alkanes of at least 4 members (excludes halogenated alkanes) is 3. The Balaban J connectivity index is 3.10. The quantitative estimate of drug-likeness (QED) is 0.450. The molecule has 0 heterocycles. The van der Waals surface area contributed by atoms with Crippen LogP contribution >= 0.6 is 0 Å². The van der Waals surface area contributed by atoms with Gasteiger partial charge in [-0.2, -0.15) is 0 Å². The molecule has 0 aliphatic carbocycles. The van der Waals surface area contributed by atoms with Crippen molar-refractivity contribution in [2.24, 2.45) is 0 Å². The van der Waals surface area contributed by atoms with Gasteiger partial charge in [0.25, 0.3) is 0 Å². The Bertz CT molecular complexity index is 136. The first-order valence-electron chi connectivity index (χ1n) is 5.32. The van der Waals surface area contributed by atoms with Crippen LogP contribution in [0.2, 0.25) is 0 Å². The normalized spacial score (nSPS) is 11.8. The maximum absolute atomic E-state index is 8.52. The van der Waals surface area contributed by atoms with Crippen LogP contribution < -0.4 is 0 Å². The molecule has 76 valence electrons. The maximum atomic E-state index is 8.52. The largest absolute Gasteiger partial charge is 0.396 e. The molecule has 0 rings (SSSR count). The van der Waals surface area contributed by atoms with E-state index in [1.165, 1.54) is 12.8 Å². The zero-order valence-electron chi connectivity index (χ0n) is 8.71. The molecule has 13 heavy (non-hydrogen) atoms. The van der Waals surface area contributed by atoms with Crippen molar-refractivity contribution in [3.8, 4) is 0 Å². The summed E-state index contributed by atoms with van der Waals surface area (Å²) in [5.74, 6) is 0. The summed E-state index contributed by atoms with van der Waals surface area (Å²) >= 11 is 0. The fourth-order valence-electron chi connectivity index (χ4n) is 1.04. The minimum Gasteiger partial charge on any atom is -0.396 e. The fourth-order valence-corrected chi connectivity index (χ4v) is 1.04. The van der Waals surface area contributed by atoms with Crippen molar-refractivity contribution in [3.05, 3.63) is 24.3 Å². The first-order valence-corrected chi connectivity index (χ1v) is 5.32. The molecule has 0 amide bonds. The third-order valence-electron chi connectivity index (χ3n) is 1.82. The average molecular weight is 182 g/mol. The number of aliphatic hydroxyl groups excluding tert-OH is 1. The summed E-state index contributed by atoms with van der Waals surface area (Å²) in [5, 5.41) is 8.52. The maximum Gasteiger partial charge on any atom is 0.0433 e.